The number of benzene rings is 1. The molecule has 1 unspecified atom stereocenters. The van der Waals surface area contributed by atoms with Crippen molar-refractivity contribution in [1.82, 2.24) is 4.90 Å². The second-order valence-electron chi connectivity index (χ2n) is 10.3. The molecule has 0 N–H and O–H groups in total. The van der Waals surface area contributed by atoms with Crippen LogP contribution in [-0.4, -0.2) is 55.1 Å². The molecule has 5 nitrogen and oxygen atoms in total. The van der Waals surface area contributed by atoms with Crippen LogP contribution >= 0.6 is 0 Å². The molecular formula is C38H37Fe2NO4+4. The monoisotopic (exact) mass is 683 g/mol. The van der Waals surface area contributed by atoms with Gasteiger partial charge in [0.1, 0.15) is 5.92 Å². The third kappa shape index (κ3) is 9.36. The molecule has 0 amide bonds. The molecule has 1 aromatic carbocycles. The van der Waals surface area contributed by atoms with E-state index in [1.165, 1.54) is 0 Å². The fraction of sp³-hybridized carbons (Fsp3) is 0.211. The molecule has 0 aromatic heterocycles. The summed E-state index contributed by atoms with van der Waals surface area (Å²) in [5.74, 6) is 0.364. The third-order valence-electron chi connectivity index (χ3n) is 7.73. The van der Waals surface area contributed by atoms with E-state index in [0.717, 1.165) is 23.0 Å². The average Bonchev–Trinajstić information content (AvgIpc) is 3.81. The van der Waals surface area contributed by atoms with Gasteiger partial charge in [-0.2, -0.15) is 0 Å². The van der Waals surface area contributed by atoms with Crippen molar-refractivity contribution in [3.63, 3.8) is 0 Å². The standard InChI is InChI=1S/C28H27NO4.2C5H5.2Fe/c1-2-33-27(31)25(26(30)22-14-4-3-5-15-22)28(29-16-18-32-19-17-29)23(20-10-6-7-11-20)24(28)21-12-8-9-13-21;2*1-2-4-5-3-1;;/h3-15,25H,2,16-19H2,1H3;2*1-5H;;/q;;;2*+2. The average molecular weight is 683 g/mol. The van der Waals surface area contributed by atoms with Crippen LogP contribution in [0.4, 0.5) is 0 Å². The summed E-state index contributed by atoms with van der Waals surface area (Å²) in [7, 11) is 0. The zero-order valence-corrected chi connectivity index (χ0v) is 27.4. The summed E-state index contributed by atoms with van der Waals surface area (Å²) >= 11 is 0. The number of esters is 1. The van der Waals surface area contributed by atoms with Gasteiger partial charge >= 0.3 is 40.1 Å². The van der Waals surface area contributed by atoms with Gasteiger partial charge in [0.15, 0.2) is 5.78 Å². The minimum atomic E-state index is -1.01. The molecule has 230 valence electrons. The number of carbonyl (C=O) groups is 2. The summed E-state index contributed by atoms with van der Waals surface area (Å²) in [5, 5.41) is 0. The minimum absolute atomic E-state index is 0. The van der Waals surface area contributed by atoms with Gasteiger partial charge in [-0.3, -0.25) is 14.5 Å². The summed E-state index contributed by atoms with van der Waals surface area (Å²) in [6, 6.07) is 9.07. The van der Waals surface area contributed by atoms with E-state index in [9.17, 15) is 9.59 Å². The molecule has 7 rings (SSSR count). The molecule has 0 bridgehead atoms. The van der Waals surface area contributed by atoms with E-state index in [1.807, 2.05) is 108 Å². The number of Topliss-reactive ketones (excluding diaryl/α,β-unsaturated/α-hetero) is 1. The molecule has 6 aliphatic rings. The third-order valence-corrected chi connectivity index (χ3v) is 7.73. The summed E-state index contributed by atoms with van der Waals surface area (Å²) < 4.78 is 11.2. The number of nitrogens with zero attached hydrogens (tertiary/aromatic N) is 1. The Balaban J connectivity index is 0.000000392. The van der Waals surface area contributed by atoms with Gasteiger partial charge in [-0.1, -0.05) is 30.3 Å². The molecular weight excluding hydrogens is 646 g/mol. The van der Waals surface area contributed by atoms with Crippen LogP contribution in [0.2, 0.25) is 0 Å². The predicted molar refractivity (Wildman–Crippen MR) is 167 cm³/mol. The Morgan fingerprint density at radius 1 is 0.711 bits per heavy atom. The van der Waals surface area contributed by atoms with E-state index in [4.69, 9.17) is 9.47 Å². The largest absolute Gasteiger partial charge is 2.00 e. The Morgan fingerprint density at radius 2 is 1.13 bits per heavy atom. The molecule has 7 heteroatoms. The molecule has 0 spiro atoms. The van der Waals surface area contributed by atoms with Gasteiger partial charge in [-0.05, 0) is 134 Å². The number of rotatable bonds is 8. The van der Waals surface area contributed by atoms with Gasteiger partial charge in [0.25, 0.3) is 0 Å². The minimum Gasteiger partial charge on any atom is -0.465 e. The quantitative estimate of drug-likeness (QED) is 0.162. The Hall–Kier alpha value is -0.941. The van der Waals surface area contributed by atoms with Crippen molar-refractivity contribution in [2.45, 2.75) is 12.5 Å². The van der Waals surface area contributed by atoms with E-state index >= 15 is 0 Å². The van der Waals surface area contributed by atoms with Gasteiger partial charge < -0.3 is 9.47 Å². The number of morpholine rings is 1. The number of ketones is 1. The maximum Gasteiger partial charge on any atom is 2.00 e. The van der Waals surface area contributed by atoms with Gasteiger partial charge in [0, 0.05) is 30.5 Å². The molecule has 45 heavy (non-hydrogen) atoms. The number of hydrogen-bond donors (Lipinski definition) is 0. The van der Waals surface area contributed by atoms with Gasteiger partial charge in [-0.25, -0.2) is 0 Å². The zero-order chi connectivity index (χ0) is 29.9. The van der Waals surface area contributed by atoms with Crippen LogP contribution < -0.4 is 0 Å². The molecule has 5 fully saturated rings. The normalized spacial score (nSPS) is 23.5. The van der Waals surface area contributed by atoms with Gasteiger partial charge in [-0.15, -0.1) is 0 Å². The van der Waals surface area contributed by atoms with Crippen molar-refractivity contribution in [3.8, 4) is 0 Å². The number of hydrogen-bond acceptors (Lipinski definition) is 5. The van der Waals surface area contributed by atoms with E-state index in [2.05, 4.69) is 30.6 Å². The van der Waals surface area contributed by atoms with Crippen molar-refractivity contribution in [3.05, 3.63) is 174 Å². The number of carbonyl (C=O) groups excluding carboxylic acids is 2. The first-order valence-electron chi connectivity index (χ1n) is 14.8. The molecule has 1 atom stereocenters. The summed E-state index contributed by atoms with van der Waals surface area (Å²) in [6.07, 6.45) is 36.2. The molecule has 5 aliphatic carbocycles. The fourth-order valence-corrected chi connectivity index (χ4v) is 5.90. The van der Waals surface area contributed by atoms with E-state index in [1.54, 1.807) is 19.1 Å². The zero-order valence-electron chi connectivity index (χ0n) is 25.2. The Labute approximate surface area is 294 Å². The topological polar surface area (TPSA) is 55.8 Å². The fourth-order valence-electron chi connectivity index (χ4n) is 5.90. The maximum absolute atomic E-state index is 14.0. The molecule has 1 heterocycles. The Morgan fingerprint density at radius 3 is 1.53 bits per heavy atom. The Kier molecular flexibility index (Phi) is 16.9. The summed E-state index contributed by atoms with van der Waals surface area (Å²) in [5.41, 5.74) is 1.70. The number of ether oxygens (including phenoxy) is 2. The van der Waals surface area contributed by atoms with Crippen LogP contribution in [0.1, 0.15) is 17.3 Å². The Bertz CT molecular complexity index is 1000. The van der Waals surface area contributed by atoms with Crippen LogP contribution in [0.5, 0.6) is 0 Å². The molecule has 4 saturated carbocycles. The van der Waals surface area contributed by atoms with Crippen LogP contribution in [0.3, 0.4) is 0 Å². The summed E-state index contributed by atoms with van der Waals surface area (Å²) in [4.78, 5) is 29.9. The molecule has 1 saturated heterocycles. The molecule has 1 aliphatic heterocycles. The van der Waals surface area contributed by atoms with Crippen LogP contribution in [0.25, 0.3) is 0 Å². The molecule has 1 aromatic rings. The van der Waals surface area contributed by atoms with E-state index in [-0.39, 0.29) is 46.5 Å². The summed E-state index contributed by atoms with van der Waals surface area (Å²) in [6.45, 7) is 4.37. The van der Waals surface area contributed by atoms with Gasteiger partial charge in [0.05, 0.1) is 25.4 Å². The van der Waals surface area contributed by atoms with Crippen molar-refractivity contribution in [2.75, 3.05) is 32.9 Å². The van der Waals surface area contributed by atoms with Crippen LogP contribution in [0, 0.1) is 133 Å². The van der Waals surface area contributed by atoms with Gasteiger partial charge in [0.2, 0.25) is 0 Å². The van der Waals surface area contributed by atoms with Crippen molar-refractivity contribution in [1.29, 1.82) is 0 Å². The van der Waals surface area contributed by atoms with E-state index < -0.39 is 17.4 Å². The first-order chi connectivity index (χ1) is 21.2. The van der Waals surface area contributed by atoms with Crippen molar-refractivity contribution >= 4 is 11.8 Å². The first kappa shape index (κ1) is 38.5. The van der Waals surface area contributed by atoms with Crippen LogP contribution in [0.15, 0.2) is 41.5 Å². The first-order valence-corrected chi connectivity index (χ1v) is 14.8. The smallest absolute Gasteiger partial charge is 0.465 e. The van der Waals surface area contributed by atoms with E-state index in [0.29, 0.717) is 31.9 Å². The second kappa shape index (κ2) is 19.8. The van der Waals surface area contributed by atoms with Crippen LogP contribution in [-0.2, 0) is 48.4 Å². The predicted octanol–water partition coefficient (Wildman–Crippen LogP) is 5.28. The molecule has 20 radical (unpaired) electrons. The second-order valence-corrected chi connectivity index (χ2v) is 10.3. The van der Waals surface area contributed by atoms with Crippen molar-refractivity contribution < 1.29 is 53.2 Å². The van der Waals surface area contributed by atoms with Crippen molar-refractivity contribution in [2.24, 2.45) is 5.92 Å². The maximum atomic E-state index is 14.0. The SMILES string of the molecule is CCOC(=O)C(C(=O)c1ccccc1)C1(N2CCOCC2)C([C]2[CH][CH][CH][CH]2)=C1[C]1[CH][CH][CH][CH]1.[CH]1[CH][CH][CH][CH]1.[CH]1[CH][CH][CH][CH]1.[Fe+2].[Fe+2].